The molecule has 23 heavy (non-hydrogen) atoms. The Labute approximate surface area is 135 Å². The Morgan fingerprint density at radius 2 is 1.96 bits per heavy atom. The molecule has 3 aromatic rings. The van der Waals surface area contributed by atoms with E-state index in [9.17, 15) is 4.79 Å². The minimum absolute atomic E-state index is 0.0913. The first kappa shape index (κ1) is 15.2. The van der Waals surface area contributed by atoms with Crippen molar-refractivity contribution in [2.75, 3.05) is 0 Å². The number of aromatic nitrogens is 3. The highest BCUT2D eigenvalue weighted by Crippen LogP contribution is 2.18. The Kier molecular flexibility index (Phi) is 3.86. The summed E-state index contributed by atoms with van der Waals surface area (Å²) < 4.78 is 1.83. The first-order chi connectivity index (χ1) is 11.0. The van der Waals surface area contributed by atoms with Gasteiger partial charge in [-0.3, -0.25) is 9.20 Å². The highest BCUT2D eigenvalue weighted by molar-refractivity contribution is 5.98. The second kappa shape index (κ2) is 5.83. The lowest BCUT2D eigenvalue weighted by molar-refractivity contribution is 0.0937. The van der Waals surface area contributed by atoms with Gasteiger partial charge in [0.15, 0.2) is 11.3 Å². The van der Waals surface area contributed by atoms with Crippen LogP contribution in [0.1, 0.15) is 46.0 Å². The molecule has 0 aliphatic carbocycles. The summed E-state index contributed by atoms with van der Waals surface area (Å²) in [4.78, 5) is 21.3. The van der Waals surface area contributed by atoms with Crippen molar-refractivity contribution < 1.29 is 4.79 Å². The maximum absolute atomic E-state index is 12.6. The van der Waals surface area contributed by atoms with Gasteiger partial charge in [0.1, 0.15) is 6.33 Å². The number of nitrogens with one attached hydrogen (secondary N) is 1. The third kappa shape index (κ3) is 2.82. The molecule has 1 amide bonds. The largest absolute Gasteiger partial charge is 0.344 e. The zero-order valence-corrected chi connectivity index (χ0v) is 13.8. The summed E-state index contributed by atoms with van der Waals surface area (Å²) >= 11 is 0. The lowest BCUT2D eigenvalue weighted by atomic mass is 10.0. The molecule has 1 atom stereocenters. The number of rotatable bonds is 3. The van der Waals surface area contributed by atoms with Crippen LogP contribution in [0.15, 0.2) is 36.7 Å². The predicted octanol–water partition coefficient (Wildman–Crippen LogP) is 3.15. The number of amides is 1. The van der Waals surface area contributed by atoms with Crippen LogP contribution >= 0.6 is 0 Å². The van der Waals surface area contributed by atoms with Crippen molar-refractivity contribution in [3.63, 3.8) is 0 Å². The number of benzene rings is 1. The standard InChI is InChI=1S/C18H20N4O/c1-11-7-5-6-8-15(11)14(4)21-18(23)16-17-20-12(2)9-13(3)22(17)10-19-16/h5-10,14H,1-4H3,(H,21,23)/t14-/m0/s1. The highest BCUT2D eigenvalue weighted by Gasteiger charge is 2.19. The summed E-state index contributed by atoms with van der Waals surface area (Å²) in [6, 6.07) is 9.91. The van der Waals surface area contributed by atoms with Gasteiger partial charge >= 0.3 is 0 Å². The van der Waals surface area contributed by atoms with Crippen LogP contribution in [0, 0.1) is 20.8 Å². The van der Waals surface area contributed by atoms with Crippen LogP contribution in [0.25, 0.3) is 5.65 Å². The Bertz CT molecular complexity index is 882. The van der Waals surface area contributed by atoms with Crippen molar-refractivity contribution in [3.8, 4) is 0 Å². The molecule has 1 aromatic carbocycles. The molecule has 0 saturated heterocycles. The fourth-order valence-corrected chi connectivity index (χ4v) is 2.85. The Balaban J connectivity index is 1.91. The average molecular weight is 308 g/mol. The number of aryl methyl sites for hydroxylation is 3. The molecule has 2 heterocycles. The van der Waals surface area contributed by atoms with E-state index in [0.29, 0.717) is 11.3 Å². The molecule has 0 fully saturated rings. The summed E-state index contributed by atoms with van der Waals surface area (Å²) in [5, 5.41) is 3.02. The minimum Gasteiger partial charge on any atom is -0.344 e. The molecule has 5 heteroatoms. The second-order valence-electron chi connectivity index (χ2n) is 5.88. The first-order valence-electron chi connectivity index (χ1n) is 7.65. The van der Waals surface area contributed by atoms with Gasteiger partial charge in [0, 0.05) is 11.4 Å². The van der Waals surface area contributed by atoms with E-state index in [0.717, 1.165) is 22.5 Å². The number of hydrogen-bond acceptors (Lipinski definition) is 3. The van der Waals surface area contributed by atoms with E-state index >= 15 is 0 Å². The van der Waals surface area contributed by atoms with Crippen molar-refractivity contribution in [1.82, 2.24) is 19.7 Å². The van der Waals surface area contributed by atoms with Crippen LogP contribution in [-0.2, 0) is 0 Å². The smallest absolute Gasteiger partial charge is 0.274 e. The highest BCUT2D eigenvalue weighted by atomic mass is 16.2. The van der Waals surface area contributed by atoms with Gasteiger partial charge in [0.25, 0.3) is 5.91 Å². The van der Waals surface area contributed by atoms with E-state index in [4.69, 9.17) is 0 Å². The zero-order valence-electron chi connectivity index (χ0n) is 13.8. The van der Waals surface area contributed by atoms with Crippen molar-refractivity contribution in [3.05, 3.63) is 64.9 Å². The van der Waals surface area contributed by atoms with E-state index < -0.39 is 0 Å². The summed E-state index contributed by atoms with van der Waals surface area (Å²) in [5.41, 5.74) is 5.08. The lowest BCUT2D eigenvalue weighted by Gasteiger charge is -2.16. The third-order valence-corrected chi connectivity index (χ3v) is 4.04. The average Bonchev–Trinajstić information content (AvgIpc) is 2.91. The van der Waals surface area contributed by atoms with E-state index in [-0.39, 0.29) is 11.9 Å². The molecule has 0 bridgehead atoms. The molecule has 0 radical (unpaired) electrons. The molecule has 0 saturated carbocycles. The fourth-order valence-electron chi connectivity index (χ4n) is 2.85. The van der Waals surface area contributed by atoms with Gasteiger partial charge in [-0.25, -0.2) is 9.97 Å². The summed E-state index contributed by atoms with van der Waals surface area (Å²) in [5.74, 6) is -0.208. The van der Waals surface area contributed by atoms with E-state index in [1.165, 1.54) is 0 Å². The van der Waals surface area contributed by atoms with Crippen LogP contribution < -0.4 is 5.32 Å². The normalized spacial score (nSPS) is 12.3. The van der Waals surface area contributed by atoms with Gasteiger partial charge in [-0.15, -0.1) is 0 Å². The Morgan fingerprint density at radius 1 is 1.22 bits per heavy atom. The molecule has 3 rings (SSSR count). The van der Waals surface area contributed by atoms with Gasteiger partial charge in [-0.1, -0.05) is 24.3 Å². The van der Waals surface area contributed by atoms with Gasteiger partial charge in [-0.2, -0.15) is 0 Å². The van der Waals surface area contributed by atoms with Crippen LogP contribution in [0.3, 0.4) is 0 Å². The van der Waals surface area contributed by atoms with Crippen LogP contribution in [-0.4, -0.2) is 20.3 Å². The van der Waals surface area contributed by atoms with Gasteiger partial charge < -0.3 is 5.32 Å². The molecule has 0 aliphatic rings. The summed E-state index contributed by atoms with van der Waals surface area (Å²) in [6.07, 6.45) is 1.64. The molecule has 118 valence electrons. The van der Waals surface area contributed by atoms with Crippen LogP contribution in [0.5, 0.6) is 0 Å². The number of hydrogen-bond donors (Lipinski definition) is 1. The monoisotopic (exact) mass is 308 g/mol. The molecular formula is C18H20N4O. The maximum atomic E-state index is 12.6. The fraction of sp³-hybridized carbons (Fsp3) is 0.278. The Morgan fingerprint density at radius 3 is 2.70 bits per heavy atom. The van der Waals surface area contributed by atoms with Crippen molar-refractivity contribution in [1.29, 1.82) is 0 Å². The summed E-state index contributed by atoms with van der Waals surface area (Å²) in [6.45, 7) is 7.90. The number of fused-ring (bicyclic) bond motifs is 1. The zero-order chi connectivity index (χ0) is 16.6. The third-order valence-electron chi connectivity index (χ3n) is 4.04. The molecule has 0 unspecified atom stereocenters. The molecule has 5 nitrogen and oxygen atoms in total. The molecule has 0 aliphatic heterocycles. The van der Waals surface area contributed by atoms with Gasteiger partial charge in [-0.05, 0) is 44.9 Å². The van der Waals surface area contributed by atoms with Crippen molar-refractivity contribution >= 4 is 11.6 Å². The minimum atomic E-state index is -0.208. The second-order valence-corrected chi connectivity index (χ2v) is 5.88. The SMILES string of the molecule is Cc1cc(C)n2cnc(C(=O)N[C@@H](C)c3ccccc3C)c2n1. The lowest BCUT2D eigenvalue weighted by Crippen LogP contribution is -2.27. The Hall–Kier alpha value is -2.69. The molecule has 2 aromatic heterocycles. The predicted molar refractivity (Wildman–Crippen MR) is 89.5 cm³/mol. The van der Waals surface area contributed by atoms with E-state index in [1.807, 2.05) is 62.4 Å². The van der Waals surface area contributed by atoms with E-state index in [1.54, 1.807) is 6.33 Å². The van der Waals surface area contributed by atoms with Crippen LogP contribution in [0.2, 0.25) is 0 Å². The van der Waals surface area contributed by atoms with Crippen molar-refractivity contribution in [2.45, 2.75) is 33.7 Å². The number of nitrogens with zero attached hydrogens (tertiary/aromatic N) is 3. The van der Waals surface area contributed by atoms with Crippen LogP contribution in [0.4, 0.5) is 0 Å². The number of carbonyl (C=O) groups excluding carboxylic acids is 1. The topological polar surface area (TPSA) is 59.3 Å². The number of carbonyl (C=O) groups is 1. The number of imidazole rings is 1. The molecule has 1 N–H and O–H groups in total. The molecule has 0 spiro atoms. The van der Waals surface area contributed by atoms with Crippen molar-refractivity contribution in [2.24, 2.45) is 0 Å². The molecular weight excluding hydrogens is 288 g/mol. The van der Waals surface area contributed by atoms with Gasteiger partial charge in [0.05, 0.1) is 6.04 Å². The quantitative estimate of drug-likeness (QED) is 0.808. The first-order valence-corrected chi connectivity index (χ1v) is 7.65. The summed E-state index contributed by atoms with van der Waals surface area (Å²) in [7, 11) is 0. The maximum Gasteiger partial charge on any atom is 0.274 e. The van der Waals surface area contributed by atoms with Gasteiger partial charge in [0.2, 0.25) is 0 Å². The van der Waals surface area contributed by atoms with E-state index in [2.05, 4.69) is 15.3 Å².